The van der Waals surface area contributed by atoms with E-state index < -0.39 is 29.7 Å². The highest BCUT2D eigenvalue weighted by Gasteiger charge is 2.36. The molecular formula is C25H34ClNO7S. The molecule has 0 aliphatic carbocycles. The molecule has 2 rings (SSSR count). The molecule has 8 nitrogen and oxygen atoms in total. The highest BCUT2D eigenvalue weighted by atomic mass is 35.5. The quantitative estimate of drug-likeness (QED) is 0.197. The molecular weight excluding hydrogens is 494 g/mol. The van der Waals surface area contributed by atoms with Crippen molar-refractivity contribution in [3.05, 3.63) is 46.5 Å². The average Bonchev–Trinajstić information content (AvgIpc) is 2.74. The van der Waals surface area contributed by atoms with Crippen molar-refractivity contribution in [2.45, 2.75) is 64.0 Å². The maximum Gasteiger partial charge on any atom is 0.509 e. The first-order valence-electron chi connectivity index (χ1n) is 11.4. The molecule has 1 heterocycles. The summed E-state index contributed by atoms with van der Waals surface area (Å²) in [5.41, 5.74) is 0.724. The van der Waals surface area contributed by atoms with Gasteiger partial charge in [-0.05, 0) is 58.2 Å². The van der Waals surface area contributed by atoms with E-state index in [1.807, 2.05) is 11.0 Å². The summed E-state index contributed by atoms with van der Waals surface area (Å²) in [6.45, 7) is 9.69. The topological polar surface area (TPSA) is 91.4 Å². The number of hydrogen-bond donors (Lipinski definition) is 0. The van der Waals surface area contributed by atoms with Crippen LogP contribution < -0.4 is 0 Å². The Morgan fingerprint density at radius 2 is 1.91 bits per heavy atom. The van der Waals surface area contributed by atoms with E-state index in [0.29, 0.717) is 30.1 Å². The number of nitrogens with zero attached hydrogens (tertiary/aromatic N) is 1. The zero-order chi connectivity index (χ0) is 26.2. The number of benzene rings is 1. The van der Waals surface area contributed by atoms with Gasteiger partial charge < -0.3 is 18.9 Å². The third kappa shape index (κ3) is 9.39. The molecule has 2 unspecified atom stereocenters. The van der Waals surface area contributed by atoms with Gasteiger partial charge in [-0.15, -0.1) is 11.8 Å². The standard InChI is InChI=1S/C25H34ClNO7S/c1-16(2)33-24(30)32-15-35-20-11-12-27(14-17(20)13-21(28)34-25(3,4)5)22(23(29)31-6)18-9-7-8-10-19(18)26/h7-10,13,16,20,22H,11-12,14-15H2,1-6H3/b17-13+. The van der Waals surface area contributed by atoms with Crippen molar-refractivity contribution in [1.29, 1.82) is 0 Å². The summed E-state index contributed by atoms with van der Waals surface area (Å²) in [5, 5.41) is 0.323. The first-order chi connectivity index (χ1) is 16.4. The fourth-order valence-electron chi connectivity index (χ4n) is 3.59. The Kier molecular flexibility index (Phi) is 10.9. The summed E-state index contributed by atoms with van der Waals surface area (Å²) in [4.78, 5) is 39.1. The molecule has 194 valence electrons. The van der Waals surface area contributed by atoms with Crippen molar-refractivity contribution in [2.75, 3.05) is 26.1 Å². The number of methoxy groups -OCH3 is 1. The van der Waals surface area contributed by atoms with E-state index >= 15 is 0 Å². The molecule has 1 aromatic carbocycles. The van der Waals surface area contributed by atoms with Gasteiger partial charge in [-0.1, -0.05) is 29.8 Å². The Labute approximate surface area is 216 Å². The Bertz CT molecular complexity index is 929. The van der Waals surface area contributed by atoms with Crippen LogP contribution >= 0.6 is 23.4 Å². The molecule has 0 aromatic heterocycles. The minimum Gasteiger partial charge on any atom is -0.468 e. The monoisotopic (exact) mass is 527 g/mol. The van der Waals surface area contributed by atoms with Gasteiger partial charge in [0.05, 0.1) is 13.2 Å². The molecule has 0 saturated carbocycles. The number of carbonyl (C=O) groups excluding carboxylic acids is 3. The Hall–Kier alpha value is -2.23. The molecule has 1 fully saturated rings. The smallest absolute Gasteiger partial charge is 0.468 e. The van der Waals surface area contributed by atoms with E-state index in [1.54, 1.807) is 52.8 Å². The van der Waals surface area contributed by atoms with Crippen molar-refractivity contribution in [1.82, 2.24) is 4.90 Å². The van der Waals surface area contributed by atoms with Crippen LogP contribution in [-0.2, 0) is 28.5 Å². The number of thioether (sulfide) groups is 1. The number of likely N-dealkylation sites (tertiary alicyclic amines) is 1. The highest BCUT2D eigenvalue weighted by Crippen LogP contribution is 2.35. The second-order valence-electron chi connectivity index (χ2n) is 9.29. The second-order valence-corrected chi connectivity index (χ2v) is 10.8. The third-order valence-electron chi connectivity index (χ3n) is 4.96. The normalized spacial score (nSPS) is 18.7. The van der Waals surface area contributed by atoms with Gasteiger partial charge in [0.25, 0.3) is 0 Å². The number of piperidine rings is 1. The Balaban J connectivity index is 2.26. The van der Waals surface area contributed by atoms with Crippen LogP contribution in [0.4, 0.5) is 4.79 Å². The predicted octanol–water partition coefficient (Wildman–Crippen LogP) is 5.15. The Morgan fingerprint density at radius 1 is 1.23 bits per heavy atom. The molecule has 2 atom stereocenters. The summed E-state index contributed by atoms with van der Waals surface area (Å²) >= 11 is 7.79. The molecule has 10 heteroatoms. The molecule has 0 N–H and O–H groups in total. The Morgan fingerprint density at radius 3 is 2.51 bits per heavy atom. The first-order valence-corrected chi connectivity index (χ1v) is 12.8. The van der Waals surface area contributed by atoms with Crippen molar-refractivity contribution >= 4 is 41.5 Å². The third-order valence-corrected chi connectivity index (χ3v) is 6.49. The summed E-state index contributed by atoms with van der Waals surface area (Å²) in [6, 6.07) is 6.38. The number of halogens is 1. The van der Waals surface area contributed by atoms with Gasteiger partial charge >= 0.3 is 18.1 Å². The van der Waals surface area contributed by atoms with Gasteiger partial charge in [0.1, 0.15) is 17.6 Å². The SMILES string of the molecule is COC(=O)C(c1ccccc1Cl)N1CCC(SCOC(=O)OC(C)C)/C(=C/C(=O)OC(C)(C)C)C1. The molecule has 1 aliphatic heterocycles. The molecule has 1 aromatic rings. The molecule has 0 amide bonds. The van der Waals surface area contributed by atoms with E-state index in [2.05, 4.69) is 0 Å². The van der Waals surface area contributed by atoms with Crippen LogP contribution in [0.3, 0.4) is 0 Å². The number of hydrogen-bond acceptors (Lipinski definition) is 9. The zero-order valence-corrected chi connectivity index (χ0v) is 22.6. The zero-order valence-electron chi connectivity index (χ0n) is 21.0. The maximum atomic E-state index is 12.8. The lowest BCUT2D eigenvalue weighted by atomic mass is 9.98. The van der Waals surface area contributed by atoms with E-state index in [0.717, 1.165) is 5.57 Å². The van der Waals surface area contributed by atoms with Gasteiger partial charge in [0.2, 0.25) is 0 Å². The summed E-state index contributed by atoms with van der Waals surface area (Å²) in [7, 11) is 1.33. The largest absolute Gasteiger partial charge is 0.509 e. The minimum absolute atomic E-state index is 0.0623. The number of carbonyl (C=O) groups is 3. The van der Waals surface area contributed by atoms with Gasteiger partial charge in [0.15, 0.2) is 0 Å². The molecule has 1 aliphatic rings. The first kappa shape index (κ1) is 29.0. The number of rotatable bonds is 8. The van der Waals surface area contributed by atoms with E-state index in [1.165, 1.54) is 24.9 Å². The molecule has 0 bridgehead atoms. The van der Waals surface area contributed by atoms with Crippen LogP contribution in [0.1, 0.15) is 52.6 Å². The van der Waals surface area contributed by atoms with Crippen LogP contribution in [0, 0.1) is 0 Å². The van der Waals surface area contributed by atoms with Gasteiger partial charge in [-0.2, -0.15) is 0 Å². The summed E-state index contributed by atoms with van der Waals surface area (Å²) < 4.78 is 20.7. The van der Waals surface area contributed by atoms with E-state index in [-0.39, 0.29) is 17.3 Å². The molecule has 1 saturated heterocycles. The second kappa shape index (κ2) is 13.2. The fraction of sp³-hybridized carbons (Fsp3) is 0.560. The van der Waals surface area contributed by atoms with Crippen molar-refractivity contribution in [3.63, 3.8) is 0 Å². The fourth-order valence-corrected chi connectivity index (χ4v) is 4.78. The van der Waals surface area contributed by atoms with Gasteiger partial charge in [0, 0.05) is 29.4 Å². The highest BCUT2D eigenvalue weighted by molar-refractivity contribution is 7.99. The van der Waals surface area contributed by atoms with Crippen LogP contribution in [0.5, 0.6) is 0 Å². The molecule has 35 heavy (non-hydrogen) atoms. The van der Waals surface area contributed by atoms with Crippen LogP contribution in [-0.4, -0.2) is 66.1 Å². The lowest BCUT2D eigenvalue weighted by molar-refractivity contribution is -0.148. The van der Waals surface area contributed by atoms with Gasteiger partial charge in [-0.3, -0.25) is 4.90 Å². The van der Waals surface area contributed by atoms with E-state index in [9.17, 15) is 14.4 Å². The average molecular weight is 528 g/mol. The van der Waals surface area contributed by atoms with Crippen molar-refractivity contribution < 1.29 is 33.3 Å². The lowest BCUT2D eigenvalue weighted by Gasteiger charge is -2.38. The molecule has 0 radical (unpaired) electrons. The van der Waals surface area contributed by atoms with Crippen LogP contribution in [0.25, 0.3) is 0 Å². The van der Waals surface area contributed by atoms with Crippen LogP contribution in [0.15, 0.2) is 35.9 Å². The maximum absolute atomic E-state index is 12.8. The predicted molar refractivity (Wildman–Crippen MR) is 135 cm³/mol. The number of ether oxygens (including phenoxy) is 4. The number of esters is 2. The van der Waals surface area contributed by atoms with Crippen LogP contribution in [0.2, 0.25) is 5.02 Å². The molecule has 0 spiro atoms. The van der Waals surface area contributed by atoms with Gasteiger partial charge in [-0.25, -0.2) is 14.4 Å². The van der Waals surface area contributed by atoms with E-state index in [4.69, 9.17) is 30.5 Å². The minimum atomic E-state index is -0.743. The lowest BCUT2D eigenvalue weighted by Crippen LogP contribution is -2.43. The summed E-state index contributed by atoms with van der Waals surface area (Å²) in [5.74, 6) is -0.861. The summed E-state index contributed by atoms with van der Waals surface area (Å²) in [6.07, 6.45) is 1.04. The van der Waals surface area contributed by atoms with Crippen molar-refractivity contribution in [3.8, 4) is 0 Å². The van der Waals surface area contributed by atoms with Crippen molar-refractivity contribution in [2.24, 2.45) is 0 Å².